The van der Waals surface area contributed by atoms with Crippen molar-refractivity contribution in [1.82, 2.24) is 10.2 Å². The molecule has 0 spiro atoms. The van der Waals surface area contributed by atoms with Crippen molar-refractivity contribution in [2.75, 3.05) is 6.54 Å². The molecule has 0 aromatic heterocycles. The Labute approximate surface area is 118 Å². The molecule has 0 fully saturated rings. The van der Waals surface area contributed by atoms with Crippen LogP contribution in [0.5, 0.6) is 0 Å². The standard InChI is InChI=1S/C14H18N2O2S/c1-3-9-15-14(19)16(11(2)13(17)18)10-12-7-5-4-6-8-12/h3-8,11H,1,9-10H2,2H3,(H,15,19)(H,17,18). The van der Waals surface area contributed by atoms with Crippen molar-refractivity contribution in [2.45, 2.75) is 19.5 Å². The number of carboxylic acid groups (broad SMARTS) is 1. The van der Waals surface area contributed by atoms with Crippen LogP contribution in [0.3, 0.4) is 0 Å². The number of rotatable bonds is 6. The van der Waals surface area contributed by atoms with Gasteiger partial charge in [-0.3, -0.25) is 0 Å². The Morgan fingerprint density at radius 3 is 2.68 bits per heavy atom. The van der Waals surface area contributed by atoms with Crippen LogP contribution >= 0.6 is 12.2 Å². The molecule has 1 aromatic carbocycles. The molecular formula is C14H18N2O2S. The van der Waals surface area contributed by atoms with E-state index in [0.717, 1.165) is 5.56 Å². The van der Waals surface area contributed by atoms with Crippen LogP contribution in [0.25, 0.3) is 0 Å². The summed E-state index contributed by atoms with van der Waals surface area (Å²) in [6.45, 7) is 6.18. The minimum Gasteiger partial charge on any atom is -0.480 e. The lowest BCUT2D eigenvalue weighted by atomic mass is 10.2. The molecule has 102 valence electrons. The van der Waals surface area contributed by atoms with E-state index in [2.05, 4.69) is 11.9 Å². The van der Waals surface area contributed by atoms with Crippen molar-refractivity contribution in [1.29, 1.82) is 0 Å². The van der Waals surface area contributed by atoms with Crippen molar-refractivity contribution >= 4 is 23.3 Å². The van der Waals surface area contributed by atoms with Crippen LogP contribution in [-0.2, 0) is 11.3 Å². The molecule has 0 amide bonds. The molecule has 2 N–H and O–H groups in total. The van der Waals surface area contributed by atoms with E-state index in [1.165, 1.54) is 0 Å². The highest BCUT2D eigenvalue weighted by atomic mass is 32.1. The van der Waals surface area contributed by atoms with Gasteiger partial charge in [-0.15, -0.1) is 6.58 Å². The third kappa shape index (κ3) is 4.71. The van der Waals surface area contributed by atoms with Crippen LogP contribution in [0.15, 0.2) is 43.0 Å². The lowest BCUT2D eigenvalue weighted by molar-refractivity contribution is -0.141. The van der Waals surface area contributed by atoms with Crippen LogP contribution < -0.4 is 5.32 Å². The summed E-state index contributed by atoms with van der Waals surface area (Å²) in [6.07, 6.45) is 1.68. The first-order chi connectivity index (χ1) is 9.06. The predicted molar refractivity (Wildman–Crippen MR) is 79.9 cm³/mol. The molecule has 0 heterocycles. The van der Waals surface area contributed by atoms with E-state index in [4.69, 9.17) is 17.3 Å². The lowest BCUT2D eigenvalue weighted by Crippen LogP contribution is -2.47. The zero-order chi connectivity index (χ0) is 14.3. The van der Waals surface area contributed by atoms with Gasteiger partial charge in [-0.25, -0.2) is 4.79 Å². The molecule has 1 atom stereocenters. The molecule has 0 radical (unpaired) electrons. The van der Waals surface area contributed by atoms with Crippen LogP contribution in [0.1, 0.15) is 12.5 Å². The summed E-state index contributed by atoms with van der Waals surface area (Å²) in [4.78, 5) is 12.8. The van der Waals surface area contributed by atoms with Crippen LogP contribution in [0, 0.1) is 0 Å². The van der Waals surface area contributed by atoms with Crippen molar-refractivity contribution in [3.63, 3.8) is 0 Å². The number of aliphatic carboxylic acids is 1. The van der Waals surface area contributed by atoms with Gasteiger partial charge in [0.1, 0.15) is 6.04 Å². The van der Waals surface area contributed by atoms with Crippen molar-refractivity contribution in [3.05, 3.63) is 48.6 Å². The maximum absolute atomic E-state index is 11.2. The molecule has 1 unspecified atom stereocenters. The summed E-state index contributed by atoms with van der Waals surface area (Å²) in [7, 11) is 0. The van der Waals surface area contributed by atoms with Crippen molar-refractivity contribution < 1.29 is 9.90 Å². The van der Waals surface area contributed by atoms with E-state index >= 15 is 0 Å². The van der Waals surface area contributed by atoms with E-state index in [1.807, 2.05) is 30.3 Å². The maximum Gasteiger partial charge on any atom is 0.326 e. The SMILES string of the molecule is C=CCNC(=S)N(Cc1ccccc1)C(C)C(=O)O. The Kier molecular flexibility index (Phi) is 6.02. The summed E-state index contributed by atoms with van der Waals surface area (Å²) < 4.78 is 0. The molecule has 1 rings (SSSR count). The average Bonchev–Trinajstić information content (AvgIpc) is 2.42. The van der Waals surface area contributed by atoms with E-state index < -0.39 is 12.0 Å². The van der Waals surface area contributed by atoms with Crippen molar-refractivity contribution in [3.8, 4) is 0 Å². The van der Waals surface area contributed by atoms with Gasteiger partial charge in [0.05, 0.1) is 0 Å². The van der Waals surface area contributed by atoms with Crippen LogP contribution in [0.2, 0.25) is 0 Å². The zero-order valence-electron chi connectivity index (χ0n) is 10.9. The molecule has 0 saturated heterocycles. The Hall–Kier alpha value is -1.88. The summed E-state index contributed by atoms with van der Waals surface area (Å²) in [5.74, 6) is -0.904. The fourth-order valence-electron chi connectivity index (χ4n) is 1.56. The summed E-state index contributed by atoms with van der Waals surface area (Å²) in [5.41, 5.74) is 1.01. The molecule has 0 aliphatic carbocycles. The second-order valence-corrected chi connectivity index (χ2v) is 4.49. The van der Waals surface area contributed by atoms with Gasteiger partial charge in [0.15, 0.2) is 5.11 Å². The smallest absolute Gasteiger partial charge is 0.326 e. The topological polar surface area (TPSA) is 52.6 Å². The van der Waals surface area contributed by atoms with E-state index in [1.54, 1.807) is 17.9 Å². The van der Waals surface area contributed by atoms with E-state index in [9.17, 15) is 4.79 Å². The van der Waals surface area contributed by atoms with Gasteiger partial charge in [0, 0.05) is 13.1 Å². The number of benzene rings is 1. The number of nitrogens with zero attached hydrogens (tertiary/aromatic N) is 1. The molecule has 19 heavy (non-hydrogen) atoms. The van der Waals surface area contributed by atoms with Gasteiger partial charge in [0.25, 0.3) is 0 Å². The maximum atomic E-state index is 11.2. The lowest BCUT2D eigenvalue weighted by Gasteiger charge is -2.29. The number of hydrogen-bond donors (Lipinski definition) is 2. The first-order valence-corrected chi connectivity index (χ1v) is 6.39. The summed E-state index contributed by atoms with van der Waals surface area (Å²) in [5, 5.41) is 12.5. The quantitative estimate of drug-likeness (QED) is 0.616. The van der Waals surface area contributed by atoms with E-state index in [0.29, 0.717) is 18.2 Å². The minimum atomic E-state index is -0.904. The van der Waals surface area contributed by atoms with Gasteiger partial charge in [-0.1, -0.05) is 36.4 Å². The molecule has 0 aliphatic rings. The van der Waals surface area contributed by atoms with Crippen LogP contribution in [-0.4, -0.2) is 33.7 Å². The molecule has 1 aromatic rings. The third-order valence-corrected chi connectivity index (χ3v) is 3.06. The monoisotopic (exact) mass is 278 g/mol. The number of nitrogens with one attached hydrogen (secondary N) is 1. The molecule has 4 nitrogen and oxygen atoms in total. The third-order valence-electron chi connectivity index (χ3n) is 2.68. The van der Waals surface area contributed by atoms with E-state index in [-0.39, 0.29) is 0 Å². The van der Waals surface area contributed by atoms with Crippen molar-refractivity contribution in [2.24, 2.45) is 0 Å². The molecule has 0 aliphatic heterocycles. The Morgan fingerprint density at radius 2 is 2.16 bits per heavy atom. The van der Waals surface area contributed by atoms with Gasteiger partial charge >= 0.3 is 5.97 Å². The minimum absolute atomic E-state index is 0.415. The van der Waals surface area contributed by atoms with Gasteiger partial charge in [-0.2, -0.15) is 0 Å². The summed E-state index contributed by atoms with van der Waals surface area (Å²) in [6, 6.07) is 8.95. The number of carboxylic acids is 1. The molecule has 0 bridgehead atoms. The van der Waals surface area contributed by atoms with Gasteiger partial charge in [0.2, 0.25) is 0 Å². The fourth-order valence-corrected chi connectivity index (χ4v) is 1.87. The first-order valence-electron chi connectivity index (χ1n) is 5.98. The highest BCUT2D eigenvalue weighted by molar-refractivity contribution is 7.80. The normalized spacial score (nSPS) is 11.4. The van der Waals surface area contributed by atoms with Gasteiger partial charge in [-0.05, 0) is 24.7 Å². The summed E-state index contributed by atoms with van der Waals surface area (Å²) >= 11 is 5.24. The Bertz CT molecular complexity index is 448. The molecule has 0 saturated carbocycles. The Balaban J connectivity index is 2.83. The van der Waals surface area contributed by atoms with Gasteiger partial charge < -0.3 is 15.3 Å². The highest BCUT2D eigenvalue weighted by Gasteiger charge is 2.22. The second-order valence-electron chi connectivity index (χ2n) is 4.10. The fraction of sp³-hybridized carbons (Fsp3) is 0.286. The largest absolute Gasteiger partial charge is 0.480 e. The highest BCUT2D eigenvalue weighted by Crippen LogP contribution is 2.09. The zero-order valence-corrected chi connectivity index (χ0v) is 11.7. The number of thiocarbonyl (C=S) groups is 1. The number of hydrogen-bond acceptors (Lipinski definition) is 2. The first kappa shape index (κ1) is 15.2. The number of carbonyl (C=O) groups is 1. The second kappa shape index (κ2) is 7.53. The molecular weight excluding hydrogens is 260 g/mol. The van der Waals surface area contributed by atoms with Crippen LogP contribution in [0.4, 0.5) is 0 Å². The average molecular weight is 278 g/mol. The Morgan fingerprint density at radius 1 is 1.53 bits per heavy atom. The predicted octanol–water partition coefficient (Wildman–Crippen LogP) is 2.02. The molecule has 5 heteroatoms.